The second-order valence-electron chi connectivity index (χ2n) is 6.31. The predicted molar refractivity (Wildman–Crippen MR) is 80.6 cm³/mol. The van der Waals surface area contributed by atoms with E-state index in [-0.39, 0.29) is 36.0 Å². The van der Waals surface area contributed by atoms with Crippen molar-refractivity contribution in [3.05, 3.63) is 29.6 Å². The van der Waals surface area contributed by atoms with Crippen molar-refractivity contribution in [3.63, 3.8) is 0 Å². The molecule has 1 aromatic heterocycles. The molecule has 25 heavy (non-hydrogen) atoms. The van der Waals surface area contributed by atoms with Crippen molar-refractivity contribution in [2.45, 2.75) is 31.2 Å². The van der Waals surface area contributed by atoms with E-state index in [0.717, 1.165) is 12.3 Å². The van der Waals surface area contributed by atoms with Gasteiger partial charge in [-0.25, -0.2) is 0 Å². The van der Waals surface area contributed by atoms with Crippen molar-refractivity contribution in [2.24, 2.45) is 5.92 Å². The molecule has 2 fully saturated rings. The number of amides is 2. The number of fused-ring (bicyclic) bond motifs is 1. The second kappa shape index (κ2) is 6.62. The first-order chi connectivity index (χ1) is 11.8. The van der Waals surface area contributed by atoms with E-state index in [2.05, 4.69) is 10.3 Å². The second-order valence-corrected chi connectivity index (χ2v) is 6.31. The van der Waals surface area contributed by atoms with E-state index in [1.807, 2.05) is 0 Å². The van der Waals surface area contributed by atoms with Crippen molar-refractivity contribution < 1.29 is 27.5 Å². The van der Waals surface area contributed by atoms with Crippen LogP contribution in [0.1, 0.15) is 28.9 Å². The zero-order chi connectivity index (χ0) is 18.2. The number of carbonyl (C=O) groups excluding carboxylic acids is 2. The fraction of sp³-hybridized carbons (Fsp3) is 0.562. The average molecular weight is 357 g/mol. The fourth-order valence-electron chi connectivity index (χ4n) is 3.37. The molecule has 2 aliphatic heterocycles. The van der Waals surface area contributed by atoms with Gasteiger partial charge < -0.3 is 15.0 Å². The normalized spacial score (nSPS) is 25.8. The molecule has 0 unspecified atom stereocenters. The van der Waals surface area contributed by atoms with Crippen LogP contribution < -0.4 is 5.32 Å². The Morgan fingerprint density at radius 3 is 2.80 bits per heavy atom. The molecule has 6 nitrogen and oxygen atoms in total. The van der Waals surface area contributed by atoms with Gasteiger partial charge in [-0.3, -0.25) is 14.6 Å². The summed E-state index contributed by atoms with van der Waals surface area (Å²) in [5.74, 6) is -0.467. The lowest BCUT2D eigenvalue weighted by Gasteiger charge is -2.19. The standard InChI is InChI=1S/C16H18F3N3O3/c1-20-14(23)6-11-4-10-7-22(8-12(10)25-11)15(24)9-2-3-21-13(5-9)16(17,18)19/h2-3,5,10-12H,4,6-8H2,1H3,(H,20,23)/t10-,11+,12+/m0/s1. The number of halogens is 3. The Morgan fingerprint density at radius 1 is 1.40 bits per heavy atom. The molecule has 1 aromatic rings. The molecule has 0 aromatic carbocycles. The summed E-state index contributed by atoms with van der Waals surface area (Å²) in [4.78, 5) is 28.6. The summed E-state index contributed by atoms with van der Waals surface area (Å²) in [6.45, 7) is 0.731. The predicted octanol–water partition coefficient (Wildman–Crippen LogP) is 1.47. The van der Waals surface area contributed by atoms with Crippen molar-refractivity contribution in [1.82, 2.24) is 15.2 Å². The largest absolute Gasteiger partial charge is 0.433 e. The van der Waals surface area contributed by atoms with E-state index >= 15 is 0 Å². The first kappa shape index (κ1) is 17.7. The molecule has 1 N–H and O–H groups in total. The van der Waals surface area contributed by atoms with Crippen LogP contribution in [-0.2, 0) is 15.7 Å². The Bertz CT molecular complexity index is 666. The van der Waals surface area contributed by atoms with Gasteiger partial charge in [0, 0.05) is 37.8 Å². The summed E-state index contributed by atoms with van der Waals surface area (Å²) in [6.07, 6.45) is -3.02. The Kier molecular flexibility index (Phi) is 4.68. The molecule has 136 valence electrons. The Morgan fingerprint density at radius 2 is 2.16 bits per heavy atom. The van der Waals surface area contributed by atoms with Gasteiger partial charge in [-0.15, -0.1) is 0 Å². The molecule has 3 heterocycles. The molecule has 2 aliphatic rings. The van der Waals surface area contributed by atoms with Gasteiger partial charge in [0.1, 0.15) is 5.69 Å². The number of alkyl halides is 3. The van der Waals surface area contributed by atoms with Crippen molar-refractivity contribution in [2.75, 3.05) is 20.1 Å². The molecule has 2 saturated heterocycles. The number of ether oxygens (including phenoxy) is 1. The van der Waals surface area contributed by atoms with E-state index in [4.69, 9.17) is 4.74 Å². The van der Waals surface area contributed by atoms with Crippen LogP contribution >= 0.6 is 0 Å². The topological polar surface area (TPSA) is 71.5 Å². The number of hydrogen-bond acceptors (Lipinski definition) is 4. The van der Waals surface area contributed by atoms with Gasteiger partial charge in [0.25, 0.3) is 5.91 Å². The highest BCUT2D eigenvalue weighted by atomic mass is 19.4. The van der Waals surface area contributed by atoms with E-state index in [9.17, 15) is 22.8 Å². The maximum absolute atomic E-state index is 12.7. The van der Waals surface area contributed by atoms with Gasteiger partial charge in [0.15, 0.2) is 0 Å². The first-order valence-corrected chi connectivity index (χ1v) is 7.96. The number of likely N-dealkylation sites (tertiary alicyclic amines) is 1. The van der Waals surface area contributed by atoms with Crippen molar-refractivity contribution >= 4 is 11.8 Å². The van der Waals surface area contributed by atoms with Crippen molar-refractivity contribution in [1.29, 1.82) is 0 Å². The SMILES string of the molecule is CNC(=O)C[C@H]1C[C@H]2CN(C(=O)c3ccnc(C(F)(F)F)c3)C[C@H]2O1. The van der Waals surface area contributed by atoms with Gasteiger partial charge in [0.2, 0.25) is 5.91 Å². The molecular weight excluding hydrogens is 339 g/mol. The zero-order valence-corrected chi connectivity index (χ0v) is 13.5. The number of pyridine rings is 1. The maximum Gasteiger partial charge on any atom is 0.433 e. The number of nitrogens with one attached hydrogen (secondary N) is 1. The molecule has 0 bridgehead atoms. The van der Waals surface area contributed by atoms with E-state index < -0.39 is 17.8 Å². The molecular formula is C16H18F3N3O3. The van der Waals surface area contributed by atoms with Crippen LogP contribution in [0.2, 0.25) is 0 Å². The van der Waals surface area contributed by atoms with Crippen LogP contribution in [0.5, 0.6) is 0 Å². The summed E-state index contributed by atoms with van der Waals surface area (Å²) in [7, 11) is 1.56. The van der Waals surface area contributed by atoms with E-state index in [1.165, 1.54) is 11.0 Å². The quantitative estimate of drug-likeness (QED) is 0.889. The third-order valence-corrected chi connectivity index (χ3v) is 4.59. The van der Waals surface area contributed by atoms with Crippen LogP contribution in [0.15, 0.2) is 18.3 Å². The lowest BCUT2D eigenvalue weighted by Crippen LogP contribution is -2.32. The summed E-state index contributed by atoms with van der Waals surface area (Å²) < 4.78 is 44.0. The van der Waals surface area contributed by atoms with Gasteiger partial charge in [0.05, 0.1) is 18.6 Å². The molecule has 2 amide bonds. The Hall–Kier alpha value is -2.16. The Labute approximate surface area is 142 Å². The summed E-state index contributed by atoms with van der Waals surface area (Å²) >= 11 is 0. The Balaban J connectivity index is 1.63. The minimum Gasteiger partial charge on any atom is -0.372 e. The highest BCUT2D eigenvalue weighted by Gasteiger charge is 2.44. The third kappa shape index (κ3) is 3.76. The van der Waals surface area contributed by atoms with Crippen LogP contribution in [0.3, 0.4) is 0 Å². The molecule has 3 atom stereocenters. The third-order valence-electron chi connectivity index (χ3n) is 4.59. The van der Waals surface area contributed by atoms with Gasteiger partial charge >= 0.3 is 6.18 Å². The zero-order valence-electron chi connectivity index (χ0n) is 13.5. The molecule has 0 radical (unpaired) electrons. The summed E-state index contributed by atoms with van der Waals surface area (Å²) in [5, 5.41) is 2.54. The smallest absolute Gasteiger partial charge is 0.372 e. The monoisotopic (exact) mass is 357 g/mol. The summed E-state index contributed by atoms with van der Waals surface area (Å²) in [6, 6.07) is 2.05. The minimum absolute atomic E-state index is 0.0378. The number of nitrogens with zero attached hydrogens (tertiary/aromatic N) is 2. The highest BCUT2D eigenvalue weighted by Crippen LogP contribution is 2.35. The van der Waals surface area contributed by atoms with Crippen LogP contribution in [0, 0.1) is 5.92 Å². The van der Waals surface area contributed by atoms with Gasteiger partial charge in [-0.2, -0.15) is 13.2 Å². The number of hydrogen-bond donors (Lipinski definition) is 1. The number of carbonyl (C=O) groups is 2. The van der Waals surface area contributed by atoms with Crippen LogP contribution in [0.25, 0.3) is 0 Å². The van der Waals surface area contributed by atoms with Crippen LogP contribution in [-0.4, -0.2) is 54.0 Å². The molecule has 0 saturated carbocycles. The lowest BCUT2D eigenvalue weighted by atomic mass is 10.0. The van der Waals surface area contributed by atoms with E-state index in [0.29, 0.717) is 19.5 Å². The minimum atomic E-state index is -4.59. The highest BCUT2D eigenvalue weighted by molar-refractivity contribution is 5.94. The molecule has 0 aliphatic carbocycles. The molecule has 3 rings (SSSR count). The average Bonchev–Trinajstić information content (AvgIpc) is 3.11. The summed E-state index contributed by atoms with van der Waals surface area (Å²) in [5.41, 5.74) is -1.12. The van der Waals surface area contributed by atoms with Crippen LogP contribution in [0.4, 0.5) is 13.2 Å². The molecule has 0 spiro atoms. The van der Waals surface area contributed by atoms with Gasteiger partial charge in [-0.05, 0) is 18.6 Å². The molecule has 9 heteroatoms. The maximum atomic E-state index is 12.7. The fourth-order valence-corrected chi connectivity index (χ4v) is 3.37. The number of rotatable bonds is 3. The van der Waals surface area contributed by atoms with Gasteiger partial charge in [-0.1, -0.05) is 0 Å². The van der Waals surface area contributed by atoms with Crippen molar-refractivity contribution in [3.8, 4) is 0 Å². The van der Waals surface area contributed by atoms with E-state index in [1.54, 1.807) is 7.05 Å². The lowest BCUT2D eigenvalue weighted by molar-refractivity contribution is -0.141. The number of aromatic nitrogens is 1. The first-order valence-electron chi connectivity index (χ1n) is 7.96.